The van der Waals surface area contributed by atoms with Gasteiger partial charge in [0.05, 0.1) is 31.7 Å². The number of rotatable bonds is 6. The number of para-hydroxylation sites is 1. The standard InChI is InChI=1S/C28H28N2O2/c1-31-24-15-11-20(12-16-24)19-22-7-6-10-26-27(22)29-30(23-8-4-3-5-9-23)28(26)21-13-17-25(32-2)18-14-21/h3-5,7-9,11-18,26,28H,6,10,19H2,1-2H3/t26-,28+/m0/s1. The minimum atomic E-state index is 0.179. The molecule has 2 aliphatic rings. The highest BCUT2D eigenvalue weighted by Gasteiger charge is 2.41. The molecule has 1 aliphatic heterocycles. The van der Waals surface area contributed by atoms with E-state index in [-0.39, 0.29) is 6.04 Å². The maximum atomic E-state index is 5.39. The lowest BCUT2D eigenvalue weighted by Crippen LogP contribution is -2.27. The zero-order valence-corrected chi connectivity index (χ0v) is 18.6. The van der Waals surface area contributed by atoms with Crippen LogP contribution in [0, 0.1) is 5.92 Å². The molecule has 0 fully saturated rings. The van der Waals surface area contributed by atoms with E-state index in [0.717, 1.165) is 36.4 Å². The van der Waals surface area contributed by atoms with Crippen LogP contribution in [0.1, 0.15) is 30.0 Å². The van der Waals surface area contributed by atoms with Crippen molar-refractivity contribution >= 4 is 11.4 Å². The average molecular weight is 425 g/mol. The maximum Gasteiger partial charge on any atom is 0.118 e. The Morgan fingerprint density at radius 1 is 0.844 bits per heavy atom. The van der Waals surface area contributed by atoms with Crippen molar-refractivity contribution in [2.45, 2.75) is 25.3 Å². The number of fused-ring (bicyclic) bond motifs is 1. The molecule has 5 rings (SSSR count). The minimum absolute atomic E-state index is 0.179. The molecule has 1 heterocycles. The van der Waals surface area contributed by atoms with Crippen LogP contribution in [0.25, 0.3) is 0 Å². The second-order valence-electron chi connectivity index (χ2n) is 8.32. The summed E-state index contributed by atoms with van der Waals surface area (Å²) >= 11 is 0. The van der Waals surface area contributed by atoms with Crippen LogP contribution in [-0.2, 0) is 6.42 Å². The van der Waals surface area contributed by atoms with E-state index in [0.29, 0.717) is 5.92 Å². The van der Waals surface area contributed by atoms with Gasteiger partial charge >= 0.3 is 0 Å². The lowest BCUT2D eigenvalue weighted by Gasteiger charge is -2.30. The lowest BCUT2D eigenvalue weighted by molar-refractivity contribution is 0.414. The van der Waals surface area contributed by atoms with Crippen LogP contribution in [-0.4, -0.2) is 19.9 Å². The van der Waals surface area contributed by atoms with Crippen molar-refractivity contribution in [3.05, 3.63) is 102 Å². The van der Waals surface area contributed by atoms with Gasteiger partial charge in [0.2, 0.25) is 0 Å². The van der Waals surface area contributed by atoms with Crippen molar-refractivity contribution < 1.29 is 9.47 Å². The highest BCUT2D eigenvalue weighted by atomic mass is 16.5. The molecule has 0 N–H and O–H groups in total. The first kappa shape index (κ1) is 20.4. The van der Waals surface area contributed by atoms with Crippen molar-refractivity contribution in [1.29, 1.82) is 0 Å². The molecule has 2 atom stereocenters. The minimum Gasteiger partial charge on any atom is -0.497 e. The van der Waals surface area contributed by atoms with Crippen LogP contribution < -0.4 is 14.5 Å². The first-order valence-electron chi connectivity index (χ1n) is 11.2. The Labute approximate surface area is 189 Å². The van der Waals surface area contributed by atoms with Gasteiger partial charge < -0.3 is 9.47 Å². The van der Waals surface area contributed by atoms with E-state index in [1.807, 2.05) is 24.3 Å². The summed E-state index contributed by atoms with van der Waals surface area (Å²) in [5, 5.41) is 7.44. The zero-order chi connectivity index (χ0) is 21.9. The second kappa shape index (κ2) is 8.91. The van der Waals surface area contributed by atoms with Gasteiger partial charge in [-0.1, -0.05) is 48.5 Å². The highest BCUT2D eigenvalue weighted by Crippen LogP contribution is 2.45. The molecule has 0 spiro atoms. The number of nitrogens with zero attached hydrogens (tertiary/aromatic N) is 2. The molecular weight excluding hydrogens is 396 g/mol. The largest absolute Gasteiger partial charge is 0.497 e. The van der Waals surface area contributed by atoms with E-state index in [9.17, 15) is 0 Å². The van der Waals surface area contributed by atoms with Gasteiger partial charge in [-0.3, -0.25) is 5.01 Å². The van der Waals surface area contributed by atoms with Crippen molar-refractivity contribution in [3.63, 3.8) is 0 Å². The Balaban J connectivity index is 1.50. The Kier molecular flexibility index (Phi) is 5.68. The van der Waals surface area contributed by atoms with Crippen LogP contribution in [0.4, 0.5) is 5.69 Å². The van der Waals surface area contributed by atoms with Gasteiger partial charge in [0.25, 0.3) is 0 Å². The fourth-order valence-corrected chi connectivity index (χ4v) is 4.81. The van der Waals surface area contributed by atoms with Gasteiger partial charge in [-0.2, -0.15) is 5.10 Å². The van der Waals surface area contributed by atoms with E-state index >= 15 is 0 Å². The molecule has 0 amide bonds. The van der Waals surface area contributed by atoms with Crippen molar-refractivity contribution in [3.8, 4) is 11.5 Å². The number of methoxy groups -OCH3 is 2. The molecule has 0 saturated heterocycles. The van der Waals surface area contributed by atoms with Crippen molar-refractivity contribution in [2.24, 2.45) is 11.0 Å². The Morgan fingerprint density at radius 2 is 1.50 bits per heavy atom. The van der Waals surface area contributed by atoms with Crippen molar-refractivity contribution in [2.75, 3.05) is 19.2 Å². The molecule has 0 saturated carbocycles. The first-order chi connectivity index (χ1) is 15.8. The fourth-order valence-electron chi connectivity index (χ4n) is 4.81. The maximum absolute atomic E-state index is 5.39. The molecule has 32 heavy (non-hydrogen) atoms. The van der Waals surface area contributed by atoms with E-state index in [4.69, 9.17) is 14.6 Å². The molecule has 4 heteroatoms. The number of hydrazone groups is 1. The van der Waals surface area contributed by atoms with Gasteiger partial charge in [0.1, 0.15) is 11.5 Å². The molecule has 0 radical (unpaired) electrons. The van der Waals surface area contributed by atoms with Gasteiger partial charge in [-0.25, -0.2) is 0 Å². The number of ether oxygens (including phenoxy) is 2. The molecule has 162 valence electrons. The molecular formula is C28H28N2O2. The molecule has 4 nitrogen and oxygen atoms in total. The summed E-state index contributed by atoms with van der Waals surface area (Å²) in [5.41, 5.74) is 6.22. The molecule has 0 bridgehead atoms. The molecule has 3 aromatic carbocycles. The number of anilines is 1. The smallest absolute Gasteiger partial charge is 0.118 e. The van der Waals surface area contributed by atoms with Gasteiger partial charge in [-0.15, -0.1) is 0 Å². The summed E-state index contributed by atoms with van der Waals surface area (Å²) in [6, 6.07) is 27.5. The molecule has 0 aromatic heterocycles. The quantitative estimate of drug-likeness (QED) is 0.472. The number of hydrogen-bond acceptors (Lipinski definition) is 4. The fraction of sp³-hybridized carbons (Fsp3) is 0.250. The van der Waals surface area contributed by atoms with Crippen LogP contribution in [0.15, 0.2) is 95.6 Å². The summed E-state index contributed by atoms with van der Waals surface area (Å²) < 4.78 is 10.7. The van der Waals surface area contributed by atoms with Crippen LogP contribution >= 0.6 is 0 Å². The number of benzene rings is 3. The van der Waals surface area contributed by atoms with E-state index in [2.05, 4.69) is 65.7 Å². The predicted octanol–water partition coefficient (Wildman–Crippen LogP) is 6.20. The topological polar surface area (TPSA) is 34.1 Å². The van der Waals surface area contributed by atoms with Gasteiger partial charge in [-0.05, 0) is 72.4 Å². The molecule has 1 aliphatic carbocycles. The van der Waals surface area contributed by atoms with E-state index in [1.165, 1.54) is 22.4 Å². The van der Waals surface area contributed by atoms with Crippen LogP contribution in [0.2, 0.25) is 0 Å². The highest BCUT2D eigenvalue weighted by molar-refractivity contribution is 6.05. The number of hydrogen-bond donors (Lipinski definition) is 0. The molecule has 3 aromatic rings. The number of allylic oxidation sites excluding steroid dienone is 2. The van der Waals surface area contributed by atoms with Crippen LogP contribution in [0.3, 0.4) is 0 Å². The predicted molar refractivity (Wildman–Crippen MR) is 130 cm³/mol. The third kappa shape index (κ3) is 3.89. The summed E-state index contributed by atoms with van der Waals surface area (Å²) in [6.45, 7) is 0. The summed E-state index contributed by atoms with van der Waals surface area (Å²) in [7, 11) is 3.41. The lowest BCUT2D eigenvalue weighted by atomic mass is 9.78. The third-order valence-corrected chi connectivity index (χ3v) is 6.44. The summed E-state index contributed by atoms with van der Waals surface area (Å²) in [4.78, 5) is 0. The Morgan fingerprint density at radius 3 is 2.16 bits per heavy atom. The van der Waals surface area contributed by atoms with E-state index < -0.39 is 0 Å². The third-order valence-electron chi connectivity index (χ3n) is 6.44. The van der Waals surface area contributed by atoms with E-state index in [1.54, 1.807) is 14.2 Å². The SMILES string of the molecule is COc1ccc(CC2=CCC[C@H]3C2=NN(c2ccccc2)[C@@H]3c2ccc(OC)cc2)cc1. The Hall–Kier alpha value is -3.53. The first-order valence-corrected chi connectivity index (χ1v) is 11.2. The normalized spacial score (nSPS) is 19.8. The monoisotopic (exact) mass is 424 g/mol. The summed E-state index contributed by atoms with van der Waals surface area (Å²) in [5.74, 6) is 2.13. The van der Waals surface area contributed by atoms with Gasteiger partial charge in [0, 0.05) is 5.92 Å². The second-order valence-corrected chi connectivity index (χ2v) is 8.32. The average Bonchev–Trinajstić information content (AvgIpc) is 3.26. The van der Waals surface area contributed by atoms with Crippen molar-refractivity contribution in [1.82, 2.24) is 0 Å². The summed E-state index contributed by atoms with van der Waals surface area (Å²) in [6.07, 6.45) is 5.44. The van der Waals surface area contributed by atoms with Gasteiger partial charge in [0.15, 0.2) is 0 Å². The molecule has 0 unspecified atom stereocenters. The zero-order valence-electron chi connectivity index (χ0n) is 18.6. The van der Waals surface area contributed by atoms with Crippen LogP contribution in [0.5, 0.6) is 11.5 Å². The Bertz CT molecular complexity index is 1120.